The highest BCUT2D eigenvalue weighted by molar-refractivity contribution is 7.71. The van der Waals surface area contributed by atoms with Gasteiger partial charge in [-0.2, -0.15) is 4.68 Å². The van der Waals surface area contributed by atoms with Crippen LogP contribution in [-0.4, -0.2) is 20.9 Å². The zero-order chi connectivity index (χ0) is 19.3. The number of benzene rings is 1. The summed E-state index contributed by atoms with van der Waals surface area (Å²) >= 11 is 7.68. The molecule has 2 aromatic heterocycles. The van der Waals surface area contributed by atoms with E-state index < -0.39 is 0 Å². The second-order valence-corrected chi connectivity index (χ2v) is 9.13. The molecule has 4 nitrogen and oxygen atoms in total. The van der Waals surface area contributed by atoms with Crippen LogP contribution in [0.2, 0.25) is 0 Å². The lowest BCUT2D eigenvalue weighted by atomic mass is 9.98. The van der Waals surface area contributed by atoms with E-state index in [-0.39, 0.29) is 5.82 Å². The molecule has 2 aliphatic rings. The van der Waals surface area contributed by atoms with Crippen molar-refractivity contribution in [1.29, 1.82) is 0 Å². The van der Waals surface area contributed by atoms with Crippen LogP contribution in [0, 0.1) is 10.6 Å². The van der Waals surface area contributed by atoms with E-state index in [0.29, 0.717) is 23.5 Å². The summed E-state index contributed by atoms with van der Waals surface area (Å²) < 4.78 is 19.2. The van der Waals surface area contributed by atoms with Gasteiger partial charge >= 0.3 is 0 Å². The molecule has 1 aliphatic carbocycles. The summed E-state index contributed by atoms with van der Waals surface area (Å²) in [7, 11) is 0. The maximum absolute atomic E-state index is 14.5. The zero-order valence-corrected chi connectivity index (χ0v) is 17.5. The van der Waals surface area contributed by atoms with Crippen LogP contribution in [0.25, 0.3) is 11.4 Å². The van der Waals surface area contributed by atoms with Gasteiger partial charge in [0, 0.05) is 29.3 Å². The third-order valence-corrected chi connectivity index (χ3v) is 7.38. The SMILES string of the molecule is CC[C@@H]1c2ccsc2CC[NH+]1Cn1nc(-c2ccccc2F)n(C2CC2)c1=S. The Bertz CT molecular complexity index is 1060. The Hall–Kier alpha value is -1.83. The Morgan fingerprint density at radius 1 is 1.29 bits per heavy atom. The van der Waals surface area contributed by atoms with Gasteiger partial charge < -0.3 is 4.90 Å². The van der Waals surface area contributed by atoms with Crippen molar-refractivity contribution in [2.75, 3.05) is 6.54 Å². The average Bonchev–Trinajstić information content (AvgIpc) is 3.33. The van der Waals surface area contributed by atoms with Gasteiger partial charge in [-0.1, -0.05) is 19.1 Å². The van der Waals surface area contributed by atoms with Crippen molar-refractivity contribution in [2.45, 2.75) is 51.4 Å². The number of nitrogens with one attached hydrogen (secondary N) is 1. The Balaban J connectivity index is 1.52. The van der Waals surface area contributed by atoms with Gasteiger partial charge in [0.1, 0.15) is 11.9 Å². The van der Waals surface area contributed by atoms with Crippen LogP contribution in [0.1, 0.15) is 48.7 Å². The van der Waals surface area contributed by atoms with Crippen LogP contribution >= 0.6 is 23.6 Å². The molecular weight excluding hydrogens is 391 g/mol. The number of halogens is 1. The minimum atomic E-state index is -0.240. The predicted molar refractivity (Wildman–Crippen MR) is 112 cm³/mol. The number of rotatable bonds is 5. The molecule has 7 heteroatoms. The molecule has 1 aromatic carbocycles. The molecule has 3 aromatic rings. The lowest BCUT2D eigenvalue weighted by Crippen LogP contribution is -3.12. The highest BCUT2D eigenvalue weighted by atomic mass is 32.1. The summed E-state index contributed by atoms with van der Waals surface area (Å²) in [6.07, 6.45) is 4.38. The minimum absolute atomic E-state index is 0.240. The molecule has 1 aliphatic heterocycles. The number of hydrogen-bond donors (Lipinski definition) is 1. The summed E-state index contributed by atoms with van der Waals surface area (Å²) in [5.41, 5.74) is 2.02. The van der Waals surface area contributed by atoms with Gasteiger partial charge in [-0.3, -0.25) is 4.57 Å². The smallest absolute Gasteiger partial charge is 0.203 e. The first-order valence-electron chi connectivity index (χ1n) is 10.0. The highest BCUT2D eigenvalue weighted by Gasteiger charge is 2.33. The monoisotopic (exact) mass is 415 g/mol. The second kappa shape index (κ2) is 7.21. The molecule has 1 fully saturated rings. The fourth-order valence-corrected chi connectivity index (χ4v) is 5.72. The van der Waals surface area contributed by atoms with Crippen LogP contribution in [0.15, 0.2) is 35.7 Å². The predicted octanol–water partition coefficient (Wildman–Crippen LogP) is 4.17. The Morgan fingerprint density at radius 2 is 2.11 bits per heavy atom. The normalized spacial score (nSPS) is 21.6. The van der Waals surface area contributed by atoms with Gasteiger partial charge in [0.2, 0.25) is 4.77 Å². The molecule has 1 N–H and O–H groups in total. The van der Waals surface area contributed by atoms with Gasteiger partial charge in [-0.25, -0.2) is 4.39 Å². The lowest BCUT2D eigenvalue weighted by molar-refractivity contribution is -0.956. The first kappa shape index (κ1) is 18.2. The Kier molecular flexibility index (Phi) is 4.69. The fraction of sp³-hybridized carbons (Fsp3) is 0.429. The quantitative estimate of drug-likeness (QED) is 0.634. The number of thiophene rings is 1. The number of nitrogens with zero attached hydrogens (tertiary/aromatic N) is 3. The summed E-state index contributed by atoms with van der Waals surface area (Å²) in [6.45, 7) is 4.07. The number of aromatic nitrogens is 3. The first-order valence-corrected chi connectivity index (χ1v) is 11.3. The van der Waals surface area contributed by atoms with Crippen molar-refractivity contribution in [2.24, 2.45) is 0 Å². The van der Waals surface area contributed by atoms with Crippen molar-refractivity contribution in [3.05, 3.63) is 56.7 Å². The third kappa shape index (κ3) is 3.06. The van der Waals surface area contributed by atoms with E-state index in [1.807, 2.05) is 22.1 Å². The molecule has 0 amide bonds. The van der Waals surface area contributed by atoms with Gasteiger partial charge in [-0.05, 0) is 48.6 Å². The Morgan fingerprint density at radius 3 is 2.86 bits per heavy atom. The number of hydrogen-bond acceptors (Lipinski definition) is 3. The van der Waals surface area contributed by atoms with Crippen molar-refractivity contribution in [1.82, 2.24) is 14.3 Å². The summed E-state index contributed by atoms with van der Waals surface area (Å²) in [6, 6.07) is 9.98. The largest absolute Gasteiger partial charge is 0.310 e. The maximum atomic E-state index is 14.5. The van der Waals surface area contributed by atoms with Crippen molar-refractivity contribution >= 4 is 23.6 Å². The van der Waals surface area contributed by atoms with E-state index in [4.69, 9.17) is 17.3 Å². The van der Waals surface area contributed by atoms with E-state index in [9.17, 15) is 4.39 Å². The van der Waals surface area contributed by atoms with E-state index in [1.54, 1.807) is 12.1 Å². The van der Waals surface area contributed by atoms with Crippen molar-refractivity contribution in [3.8, 4) is 11.4 Å². The third-order valence-electron chi connectivity index (χ3n) is 5.98. The number of fused-ring (bicyclic) bond motifs is 1. The van der Waals surface area contributed by atoms with Crippen molar-refractivity contribution in [3.63, 3.8) is 0 Å². The summed E-state index contributed by atoms with van der Waals surface area (Å²) in [5.74, 6) is 0.433. The van der Waals surface area contributed by atoms with Crippen LogP contribution in [-0.2, 0) is 13.1 Å². The van der Waals surface area contributed by atoms with Crippen LogP contribution in [0.5, 0.6) is 0 Å². The zero-order valence-electron chi connectivity index (χ0n) is 15.9. The van der Waals surface area contributed by atoms with E-state index in [0.717, 1.165) is 43.7 Å². The van der Waals surface area contributed by atoms with Crippen LogP contribution in [0.4, 0.5) is 4.39 Å². The lowest BCUT2D eigenvalue weighted by Gasteiger charge is -2.31. The molecule has 0 radical (unpaired) electrons. The summed E-state index contributed by atoms with van der Waals surface area (Å²) in [5, 5.41) is 7.03. The van der Waals surface area contributed by atoms with E-state index in [2.05, 4.69) is 22.9 Å². The van der Waals surface area contributed by atoms with Crippen LogP contribution in [0.3, 0.4) is 0 Å². The molecule has 2 atom stereocenters. The topological polar surface area (TPSA) is 27.2 Å². The van der Waals surface area contributed by atoms with E-state index in [1.165, 1.54) is 21.4 Å². The second-order valence-electron chi connectivity index (χ2n) is 7.76. The molecule has 0 bridgehead atoms. The Labute approximate surface area is 173 Å². The van der Waals surface area contributed by atoms with Crippen LogP contribution < -0.4 is 4.90 Å². The fourth-order valence-electron chi connectivity index (χ4n) is 4.43. The molecule has 28 heavy (non-hydrogen) atoms. The average molecular weight is 416 g/mol. The van der Waals surface area contributed by atoms with Gasteiger partial charge in [0.15, 0.2) is 12.5 Å². The molecule has 3 heterocycles. The molecule has 0 spiro atoms. The standard InChI is InChI=1S/C21H23FN4S2/c1-2-18-16-10-12-28-19(16)9-11-24(18)13-25-21(27)26(14-7-8-14)20(23-25)15-5-3-4-6-17(15)22/h3-6,10,12,14,18H,2,7-9,11,13H2,1H3/p+1/t18-/m1/s1. The molecule has 146 valence electrons. The minimum Gasteiger partial charge on any atom is -0.310 e. The maximum Gasteiger partial charge on any atom is 0.203 e. The molecule has 1 saturated carbocycles. The van der Waals surface area contributed by atoms with E-state index >= 15 is 0 Å². The number of quaternary nitrogens is 1. The molecule has 0 saturated heterocycles. The highest BCUT2D eigenvalue weighted by Crippen LogP contribution is 2.39. The van der Waals surface area contributed by atoms with Gasteiger partial charge in [0.05, 0.1) is 12.1 Å². The van der Waals surface area contributed by atoms with Crippen molar-refractivity contribution < 1.29 is 9.29 Å². The van der Waals surface area contributed by atoms with Gasteiger partial charge in [-0.15, -0.1) is 16.4 Å². The molecule has 5 rings (SSSR count). The first-order chi connectivity index (χ1) is 13.7. The molecular formula is C21H24FN4S2+. The van der Waals surface area contributed by atoms with Gasteiger partial charge in [0.25, 0.3) is 0 Å². The summed E-state index contributed by atoms with van der Waals surface area (Å²) in [4.78, 5) is 3.01. The molecule has 1 unspecified atom stereocenters.